The number of hydrogen-bond donors (Lipinski definition) is 1. The van der Waals surface area contributed by atoms with Crippen LogP contribution < -0.4 is 15.2 Å². The first-order chi connectivity index (χ1) is 12.4. The maximum atomic E-state index is 12.5. The number of amides is 1. The molecule has 0 fully saturated rings. The molecule has 5 nitrogen and oxygen atoms in total. The van der Waals surface area contributed by atoms with Crippen molar-refractivity contribution in [2.45, 2.75) is 25.8 Å². The Morgan fingerprint density at radius 3 is 2.27 bits per heavy atom. The third kappa shape index (κ3) is 5.38. The molecule has 0 saturated heterocycles. The van der Waals surface area contributed by atoms with Crippen LogP contribution >= 0.6 is 23.2 Å². The van der Waals surface area contributed by atoms with Gasteiger partial charge in [0.2, 0.25) is 0 Å². The Bertz CT molecular complexity index is 757. The van der Waals surface area contributed by atoms with Crippen LogP contribution in [0.5, 0.6) is 5.75 Å². The molecule has 0 aliphatic rings. The molecule has 138 valence electrons. The summed E-state index contributed by atoms with van der Waals surface area (Å²) in [5.74, 6) is -1.17. The van der Waals surface area contributed by atoms with Gasteiger partial charge in [-0.2, -0.15) is 0 Å². The Morgan fingerprint density at radius 1 is 1.12 bits per heavy atom. The number of ether oxygens (including phenoxy) is 1. The van der Waals surface area contributed by atoms with Gasteiger partial charge in [-0.05, 0) is 36.2 Å². The number of halogens is 2. The third-order valence-corrected chi connectivity index (χ3v) is 4.25. The van der Waals surface area contributed by atoms with E-state index < -0.39 is 17.9 Å². The van der Waals surface area contributed by atoms with Crippen molar-refractivity contribution in [3.63, 3.8) is 0 Å². The van der Waals surface area contributed by atoms with E-state index in [1.165, 1.54) is 12.1 Å². The third-order valence-electron chi connectivity index (χ3n) is 3.62. The van der Waals surface area contributed by atoms with E-state index in [0.717, 1.165) is 6.42 Å². The van der Waals surface area contributed by atoms with Crippen molar-refractivity contribution in [3.05, 3.63) is 63.6 Å². The van der Waals surface area contributed by atoms with Crippen molar-refractivity contribution in [2.75, 3.05) is 6.61 Å². The fraction of sp³-hybridized carbons (Fsp3) is 0.263. The van der Waals surface area contributed by atoms with Crippen LogP contribution in [-0.4, -0.2) is 18.5 Å². The summed E-state index contributed by atoms with van der Waals surface area (Å²) < 4.78 is 5.50. The van der Waals surface area contributed by atoms with Crippen LogP contribution in [0.1, 0.15) is 41.7 Å². The lowest BCUT2D eigenvalue weighted by Gasteiger charge is -2.21. The molecule has 0 bridgehead atoms. The van der Waals surface area contributed by atoms with Gasteiger partial charge in [-0.3, -0.25) is 4.79 Å². The zero-order chi connectivity index (χ0) is 19.1. The summed E-state index contributed by atoms with van der Waals surface area (Å²) in [6, 6.07) is 10.8. The lowest BCUT2D eigenvalue weighted by Crippen LogP contribution is -2.34. The van der Waals surface area contributed by atoms with Gasteiger partial charge in [0.1, 0.15) is 5.75 Å². The molecular weight excluding hydrogens is 377 g/mol. The van der Waals surface area contributed by atoms with Gasteiger partial charge in [0.15, 0.2) is 0 Å². The van der Waals surface area contributed by atoms with Gasteiger partial charge >= 0.3 is 0 Å². The maximum Gasteiger partial charge on any atom is 0.254 e. The van der Waals surface area contributed by atoms with Crippen LogP contribution in [0.25, 0.3) is 0 Å². The highest BCUT2D eigenvalue weighted by Crippen LogP contribution is 2.26. The molecule has 0 radical (unpaired) electrons. The van der Waals surface area contributed by atoms with Crippen LogP contribution in [-0.2, 0) is 4.79 Å². The van der Waals surface area contributed by atoms with Crippen molar-refractivity contribution in [2.24, 2.45) is 0 Å². The summed E-state index contributed by atoms with van der Waals surface area (Å²) in [4.78, 5) is 23.6. The first kappa shape index (κ1) is 20.1. The molecular formula is C19H18Cl2NO4-. The van der Waals surface area contributed by atoms with E-state index >= 15 is 0 Å². The van der Waals surface area contributed by atoms with Crippen molar-refractivity contribution >= 4 is 35.1 Å². The summed E-state index contributed by atoms with van der Waals surface area (Å²) >= 11 is 12.1. The maximum absolute atomic E-state index is 12.5. The van der Waals surface area contributed by atoms with Crippen LogP contribution in [0.2, 0.25) is 10.0 Å². The zero-order valence-electron chi connectivity index (χ0n) is 14.1. The number of aliphatic carboxylic acids is 1. The second-order valence-electron chi connectivity index (χ2n) is 5.62. The van der Waals surface area contributed by atoms with Gasteiger partial charge in [0.05, 0.1) is 28.3 Å². The predicted molar refractivity (Wildman–Crippen MR) is 98.5 cm³/mol. The highest BCUT2D eigenvalue weighted by molar-refractivity contribution is 6.39. The largest absolute Gasteiger partial charge is 0.550 e. The first-order valence-electron chi connectivity index (χ1n) is 8.09. The summed E-state index contributed by atoms with van der Waals surface area (Å²) in [7, 11) is 0. The Labute approximate surface area is 161 Å². The van der Waals surface area contributed by atoms with E-state index in [1.54, 1.807) is 30.3 Å². The Kier molecular flexibility index (Phi) is 7.30. The number of carbonyl (C=O) groups is 2. The van der Waals surface area contributed by atoms with Crippen LogP contribution in [0.3, 0.4) is 0 Å². The lowest BCUT2D eigenvalue weighted by molar-refractivity contribution is -0.306. The molecule has 0 aliphatic heterocycles. The zero-order valence-corrected chi connectivity index (χ0v) is 15.6. The van der Waals surface area contributed by atoms with E-state index in [0.29, 0.717) is 17.9 Å². The molecule has 0 heterocycles. The SMILES string of the molecule is CCCOc1ccc([C@H](CC(=O)[O-])NC(=O)c2c(Cl)cccc2Cl)cc1. The number of carboxylic acid groups (broad SMARTS) is 1. The van der Waals surface area contributed by atoms with Gasteiger partial charge in [-0.1, -0.05) is 48.3 Å². The molecule has 1 amide bonds. The van der Waals surface area contributed by atoms with E-state index in [-0.39, 0.29) is 22.0 Å². The molecule has 0 aromatic heterocycles. The van der Waals surface area contributed by atoms with E-state index in [9.17, 15) is 14.7 Å². The number of carbonyl (C=O) groups excluding carboxylic acids is 2. The molecule has 0 saturated carbocycles. The highest BCUT2D eigenvalue weighted by Gasteiger charge is 2.20. The lowest BCUT2D eigenvalue weighted by atomic mass is 10.0. The Hall–Kier alpha value is -2.24. The summed E-state index contributed by atoms with van der Waals surface area (Å²) in [5, 5.41) is 14.1. The second-order valence-corrected chi connectivity index (χ2v) is 6.43. The fourth-order valence-electron chi connectivity index (χ4n) is 2.38. The van der Waals surface area contributed by atoms with Gasteiger partial charge in [0, 0.05) is 12.4 Å². The van der Waals surface area contributed by atoms with Crippen molar-refractivity contribution in [1.29, 1.82) is 0 Å². The normalized spacial score (nSPS) is 11.7. The monoisotopic (exact) mass is 394 g/mol. The Morgan fingerprint density at radius 2 is 1.73 bits per heavy atom. The van der Waals surface area contributed by atoms with Crippen molar-refractivity contribution in [3.8, 4) is 5.75 Å². The number of carboxylic acids is 1. The summed E-state index contributed by atoms with van der Waals surface area (Å²) in [6.07, 6.45) is 0.493. The molecule has 26 heavy (non-hydrogen) atoms. The minimum Gasteiger partial charge on any atom is -0.550 e. The molecule has 2 rings (SSSR count). The number of hydrogen-bond acceptors (Lipinski definition) is 4. The molecule has 1 atom stereocenters. The topological polar surface area (TPSA) is 78.5 Å². The average Bonchev–Trinajstić information content (AvgIpc) is 2.59. The highest BCUT2D eigenvalue weighted by atomic mass is 35.5. The number of benzene rings is 2. The van der Waals surface area contributed by atoms with Gasteiger partial charge in [-0.25, -0.2) is 0 Å². The quantitative estimate of drug-likeness (QED) is 0.743. The molecule has 0 spiro atoms. The van der Waals surface area contributed by atoms with Crippen LogP contribution in [0, 0.1) is 0 Å². The van der Waals surface area contributed by atoms with Gasteiger partial charge in [-0.15, -0.1) is 0 Å². The predicted octanol–water partition coefficient (Wildman–Crippen LogP) is 3.39. The smallest absolute Gasteiger partial charge is 0.254 e. The first-order valence-corrected chi connectivity index (χ1v) is 8.85. The molecule has 0 unspecified atom stereocenters. The number of rotatable bonds is 8. The molecule has 2 aromatic carbocycles. The van der Waals surface area contributed by atoms with Crippen molar-refractivity contribution < 1.29 is 19.4 Å². The molecule has 1 N–H and O–H groups in total. The standard InChI is InChI=1S/C19H19Cl2NO4/c1-2-10-26-13-8-6-12(7-9-13)16(11-17(23)24)22-19(25)18-14(20)4-3-5-15(18)21/h3-9,16H,2,10-11H2,1H3,(H,22,25)(H,23,24)/p-1/t16-/m0/s1. The summed E-state index contributed by atoms with van der Waals surface area (Å²) in [6.45, 7) is 2.59. The molecule has 2 aromatic rings. The summed E-state index contributed by atoms with van der Waals surface area (Å²) in [5.41, 5.74) is 0.705. The van der Waals surface area contributed by atoms with Crippen LogP contribution in [0.4, 0.5) is 0 Å². The van der Waals surface area contributed by atoms with Crippen LogP contribution in [0.15, 0.2) is 42.5 Å². The number of nitrogens with one attached hydrogen (secondary N) is 1. The van der Waals surface area contributed by atoms with E-state index in [1.807, 2.05) is 6.92 Å². The van der Waals surface area contributed by atoms with Gasteiger partial charge < -0.3 is 20.0 Å². The Balaban J connectivity index is 2.22. The van der Waals surface area contributed by atoms with Gasteiger partial charge in [0.25, 0.3) is 5.91 Å². The van der Waals surface area contributed by atoms with Crippen molar-refractivity contribution in [1.82, 2.24) is 5.32 Å². The second kappa shape index (κ2) is 9.46. The van der Waals surface area contributed by atoms with E-state index in [4.69, 9.17) is 27.9 Å². The fourth-order valence-corrected chi connectivity index (χ4v) is 2.95. The minimum atomic E-state index is -1.29. The molecule has 0 aliphatic carbocycles. The molecule has 7 heteroatoms. The average molecular weight is 395 g/mol. The minimum absolute atomic E-state index is 0.0991. The van der Waals surface area contributed by atoms with E-state index in [2.05, 4.69) is 5.32 Å².